The number of thioether (sulfide) groups is 1. The number of methoxy groups -OCH3 is 1. The van der Waals surface area contributed by atoms with Gasteiger partial charge < -0.3 is 19.9 Å². The molecule has 1 aromatic heterocycles. The summed E-state index contributed by atoms with van der Waals surface area (Å²) in [5, 5.41) is 25.3. The molecule has 2 amide bonds. The number of ether oxygens (including phenoxy) is 1. The lowest BCUT2D eigenvalue weighted by Crippen LogP contribution is -2.29. The van der Waals surface area contributed by atoms with E-state index in [9.17, 15) is 19.7 Å². The number of aryl methyl sites for hydroxylation is 1. The minimum Gasteiger partial charge on any atom is -0.497 e. The van der Waals surface area contributed by atoms with Gasteiger partial charge in [0.15, 0.2) is 11.0 Å². The van der Waals surface area contributed by atoms with Gasteiger partial charge in [0, 0.05) is 24.9 Å². The number of benzene rings is 2. The van der Waals surface area contributed by atoms with Crippen LogP contribution in [0.4, 0.5) is 11.4 Å². The molecule has 0 saturated carbocycles. The number of carbonyl (C=O) groups is 2. The van der Waals surface area contributed by atoms with E-state index in [1.54, 1.807) is 37.8 Å². The lowest BCUT2D eigenvalue weighted by molar-refractivity contribution is -0.384. The number of hydrogen-bond donors (Lipinski definition) is 2. The topological polar surface area (TPSA) is 141 Å². The van der Waals surface area contributed by atoms with Crippen molar-refractivity contribution in [1.82, 2.24) is 20.1 Å². The number of nitrogens with one attached hydrogen (secondary N) is 2. The molecule has 3 rings (SSSR count). The number of non-ortho nitro benzene ring substituents is 1. The maximum absolute atomic E-state index is 12.4. The molecule has 184 valence electrons. The van der Waals surface area contributed by atoms with Gasteiger partial charge in [0.05, 0.1) is 30.2 Å². The summed E-state index contributed by atoms with van der Waals surface area (Å²) in [5.41, 5.74) is 1.93. The highest BCUT2D eigenvalue weighted by Gasteiger charge is 2.19. The van der Waals surface area contributed by atoms with E-state index in [2.05, 4.69) is 20.8 Å². The first kappa shape index (κ1) is 25.7. The summed E-state index contributed by atoms with van der Waals surface area (Å²) in [6.07, 6.45) is 0.218. The van der Waals surface area contributed by atoms with E-state index in [0.29, 0.717) is 22.2 Å². The Morgan fingerprint density at radius 1 is 1.17 bits per heavy atom. The molecule has 2 N–H and O–H groups in total. The molecule has 2 aromatic carbocycles. The van der Waals surface area contributed by atoms with Gasteiger partial charge in [0.2, 0.25) is 11.8 Å². The maximum atomic E-state index is 12.4. The second kappa shape index (κ2) is 11.5. The number of hydrogen-bond acceptors (Lipinski definition) is 8. The number of aromatic nitrogens is 3. The van der Waals surface area contributed by atoms with Crippen LogP contribution >= 0.6 is 11.8 Å². The fourth-order valence-electron chi connectivity index (χ4n) is 3.33. The van der Waals surface area contributed by atoms with Crippen LogP contribution in [-0.4, -0.2) is 44.4 Å². The van der Waals surface area contributed by atoms with Crippen LogP contribution in [0.15, 0.2) is 47.6 Å². The van der Waals surface area contributed by atoms with E-state index in [-0.39, 0.29) is 35.7 Å². The molecule has 3 aromatic rings. The molecule has 12 heteroatoms. The van der Waals surface area contributed by atoms with Crippen LogP contribution in [0.3, 0.4) is 0 Å². The Hall–Kier alpha value is -3.93. The van der Waals surface area contributed by atoms with Crippen molar-refractivity contribution in [1.29, 1.82) is 0 Å². The summed E-state index contributed by atoms with van der Waals surface area (Å²) in [6, 6.07) is 11.1. The van der Waals surface area contributed by atoms with Crippen LogP contribution in [0.25, 0.3) is 0 Å². The molecule has 0 radical (unpaired) electrons. The van der Waals surface area contributed by atoms with Gasteiger partial charge in [-0.05, 0) is 43.2 Å². The average Bonchev–Trinajstić information content (AvgIpc) is 3.19. The monoisotopic (exact) mass is 498 g/mol. The molecule has 0 aliphatic rings. The Balaban J connectivity index is 1.53. The summed E-state index contributed by atoms with van der Waals surface area (Å²) in [6.45, 7) is 3.50. The third-order valence-electron chi connectivity index (χ3n) is 5.18. The van der Waals surface area contributed by atoms with Gasteiger partial charge in [0.1, 0.15) is 5.75 Å². The minimum atomic E-state index is -0.484. The second-order valence-electron chi connectivity index (χ2n) is 7.81. The van der Waals surface area contributed by atoms with E-state index in [4.69, 9.17) is 4.74 Å². The first-order valence-corrected chi connectivity index (χ1v) is 11.7. The van der Waals surface area contributed by atoms with Crippen molar-refractivity contribution in [2.24, 2.45) is 7.05 Å². The fourth-order valence-corrected chi connectivity index (χ4v) is 4.05. The summed E-state index contributed by atoms with van der Waals surface area (Å²) < 4.78 is 6.86. The van der Waals surface area contributed by atoms with E-state index in [0.717, 1.165) is 11.3 Å². The van der Waals surface area contributed by atoms with Gasteiger partial charge in [-0.3, -0.25) is 19.7 Å². The largest absolute Gasteiger partial charge is 0.497 e. The van der Waals surface area contributed by atoms with Gasteiger partial charge in [-0.2, -0.15) is 0 Å². The molecule has 11 nitrogen and oxygen atoms in total. The van der Waals surface area contributed by atoms with Crippen molar-refractivity contribution in [3.05, 3.63) is 69.5 Å². The van der Waals surface area contributed by atoms with Crippen LogP contribution < -0.4 is 15.4 Å². The molecule has 0 saturated heterocycles. The van der Waals surface area contributed by atoms with Crippen molar-refractivity contribution in [3.8, 4) is 5.75 Å². The number of nitro benzene ring substituents is 1. The molecule has 0 aliphatic heterocycles. The van der Waals surface area contributed by atoms with Crippen LogP contribution in [-0.2, 0) is 23.1 Å². The normalized spacial score (nSPS) is 11.5. The Bertz CT molecular complexity index is 1230. The highest BCUT2D eigenvalue weighted by atomic mass is 32.2. The number of nitrogens with zero attached hydrogens (tertiary/aromatic N) is 4. The van der Waals surface area contributed by atoms with Gasteiger partial charge in [0.25, 0.3) is 5.69 Å². The summed E-state index contributed by atoms with van der Waals surface area (Å²) in [5.74, 6) is 0.918. The number of carbonyl (C=O) groups excluding carboxylic acids is 2. The summed E-state index contributed by atoms with van der Waals surface area (Å²) in [4.78, 5) is 35.2. The van der Waals surface area contributed by atoms with Crippen LogP contribution in [0.1, 0.15) is 29.9 Å². The van der Waals surface area contributed by atoms with Crippen molar-refractivity contribution >= 4 is 35.0 Å². The molecule has 35 heavy (non-hydrogen) atoms. The Morgan fingerprint density at radius 3 is 2.51 bits per heavy atom. The summed E-state index contributed by atoms with van der Waals surface area (Å²) in [7, 11) is 3.35. The van der Waals surface area contributed by atoms with Crippen molar-refractivity contribution < 1.29 is 19.2 Å². The van der Waals surface area contributed by atoms with Gasteiger partial charge in [-0.1, -0.05) is 23.9 Å². The number of anilines is 1. The molecule has 1 atom stereocenters. The lowest BCUT2D eigenvalue weighted by Gasteiger charge is -2.14. The van der Waals surface area contributed by atoms with Crippen molar-refractivity contribution in [2.45, 2.75) is 31.5 Å². The quantitative estimate of drug-likeness (QED) is 0.247. The molecule has 0 spiro atoms. The fraction of sp³-hybridized carbons (Fsp3) is 0.304. The highest BCUT2D eigenvalue weighted by molar-refractivity contribution is 7.99. The second-order valence-corrected chi connectivity index (χ2v) is 8.75. The minimum absolute atomic E-state index is 0.0355. The van der Waals surface area contributed by atoms with E-state index >= 15 is 0 Å². The SMILES string of the molecule is COc1ccc(CC(=O)N[C@@H](C)c2nnc(SCC(=O)Nc3ccc([N+](=O)[O-])cc3C)n2C)cc1. The van der Waals surface area contributed by atoms with E-state index in [1.165, 1.54) is 30.0 Å². The molecular formula is C23H26N6O5S. The first-order chi connectivity index (χ1) is 16.7. The van der Waals surface area contributed by atoms with Crippen molar-refractivity contribution in [3.63, 3.8) is 0 Å². The molecule has 1 heterocycles. The molecular weight excluding hydrogens is 472 g/mol. The zero-order chi connectivity index (χ0) is 25.5. The smallest absolute Gasteiger partial charge is 0.269 e. The standard InChI is InChI=1S/C23H26N6O5S/c1-14-11-17(29(32)33)7-10-19(14)25-21(31)13-35-23-27-26-22(28(23)3)15(2)24-20(30)12-16-5-8-18(34-4)9-6-16/h5-11,15H,12-13H2,1-4H3,(H,24,30)(H,25,31)/t15-/m0/s1. The predicted molar refractivity (Wildman–Crippen MR) is 131 cm³/mol. The Kier molecular flexibility index (Phi) is 8.42. The van der Waals surface area contributed by atoms with Crippen LogP contribution in [0.2, 0.25) is 0 Å². The van der Waals surface area contributed by atoms with Gasteiger partial charge in [-0.15, -0.1) is 10.2 Å². The summed E-state index contributed by atoms with van der Waals surface area (Å²) >= 11 is 1.20. The van der Waals surface area contributed by atoms with Crippen LogP contribution in [0, 0.1) is 17.0 Å². The number of rotatable bonds is 10. The third-order valence-corrected chi connectivity index (χ3v) is 6.20. The maximum Gasteiger partial charge on any atom is 0.269 e. The molecule has 0 fully saturated rings. The van der Waals surface area contributed by atoms with Crippen LogP contribution in [0.5, 0.6) is 5.75 Å². The molecule has 0 unspecified atom stereocenters. The number of amides is 2. The Morgan fingerprint density at radius 2 is 1.89 bits per heavy atom. The molecule has 0 bridgehead atoms. The zero-order valence-corrected chi connectivity index (χ0v) is 20.6. The van der Waals surface area contributed by atoms with Gasteiger partial charge >= 0.3 is 0 Å². The Labute approximate surface area is 206 Å². The van der Waals surface area contributed by atoms with E-state index < -0.39 is 4.92 Å². The lowest BCUT2D eigenvalue weighted by atomic mass is 10.1. The molecule has 0 aliphatic carbocycles. The van der Waals surface area contributed by atoms with Crippen molar-refractivity contribution in [2.75, 3.05) is 18.2 Å². The zero-order valence-electron chi connectivity index (χ0n) is 19.8. The van der Waals surface area contributed by atoms with E-state index in [1.807, 2.05) is 19.1 Å². The predicted octanol–water partition coefficient (Wildman–Crippen LogP) is 3.19. The highest BCUT2D eigenvalue weighted by Crippen LogP contribution is 2.23. The van der Waals surface area contributed by atoms with Gasteiger partial charge in [-0.25, -0.2) is 0 Å². The third kappa shape index (κ3) is 6.79. The first-order valence-electron chi connectivity index (χ1n) is 10.7. The average molecular weight is 499 g/mol. The number of nitro groups is 1.